The van der Waals surface area contributed by atoms with Crippen molar-refractivity contribution >= 4 is 14.1 Å². The lowest BCUT2D eigenvalue weighted by molar-refractivity contribution is -0.120. The Morgan fingerprint density at radius 2 is 1.90 bits per heavy atom. The van der Waals surface area contributed by atoms with Crippen LogP contribution < -0.4 is 0 Å². The zero-order valence-electron chi connectivity index (χ0n) is 15.2. The SMILES string of the molecule is CC1=CC(=O)[C@H]([C@H](C)CO[Si](C)(C)C(C)(C)C(C)C)CC1. The molecule has 0 spiro atoms. The maximum Gasteiger partial charge on any atom is 0.192 e. The molecule has 0 bridgehead atoms. The lowest BCUT2D eigenvalue weighted by Gasteiger charge is -2.43. The van der Waals surface area contributed by atoms with Crippen molar-refractivity contribution in [1.29, 1.82) is 0 Å². The smallest absolute Gasteiger partial charge is 0.192 e. The van der Waals surface area contributed by atoms with Crippen LogP contribution in [-0.2, 0) is 9.22 Å². The second-order valence-electron chi connectivity index (χ2n) is 8.21. The summed E-state index contributed by atoms with van der Waals surface area (Å²) >= 11 is 0. The molecule has 21 heavy (non-hydrogen) atoms. The Hall–Kier alpha value is -0.413. The topological polar surface area (TPSA) is 26.3 Å². The fraction of sp³-hybridized carbons (Fsp3) is 0.833. The van der Waals surface area contributed by atoms with Crippen molar-refractivity contribution in [2.75, 3.05) is 6.61 Å². The largest absolute Gasteiger partial charge is 0.417 e. The maximum absolute atomic E-state index is 12.2. The van der Waals surface area contributed by atoms with Crippen LogP contribution in [0, 0.1) is 17.8 Å². The molecule has 0 amide bonds. The van der Waals surface area contributed by atoms with E-state index in [-0.39, 0.29) is 11.0 Å². The van der Waals surface area contributed by atoms with Crippen LogP contribution >= 0.6 is 0 Å². The van der Waals surface area contributed by atoms with Crippen LogP contribution in [0.3, 0.4) is 0 Å². The van der Waals surface area contributed by atoms with E-state index < -0.39 is 8.32 Å². The van der Waals surface area contributed by atoms with E-state index in [1.165, 1.54) is 5.57 Å². The first-order valence-electron chi connectivity index (χ1n) is 8.34. The highest BCUT2D eigenvalue weighted by atomic mass is 28.4. The lowest BCUT2D eigenvalue weighted by atomic mass is 9.81. The quantitative estimate of drug-likeness (QED) is 0.630. The van der Waals surface area contributed by atoms with Gasteiger partial charge in [0.1, 0.15) is 0 Å². The minimum Gasteiger partial charge on any atom is -0.417 e. The Labute approximate surface area is 132 Å². The number of ketones is 1. The van der Waals surface area contributed by atoms with Gasteiger partial charge in [0, 0.05) is 12.5 Å². The van der Waals surface area contributed by atoms with Crippen LogP contribution in [0.15, 0.2) is 11.6 Å². The lowest BCUT2D eigenvalue weighted by Crippen LogP contribution is -2.46. The number of carbonyl (C=O) groups excluding carboxylic acids is 1. The number of hydrogen-bond donors (Lipinski definition) is 0. The van der Waals surface area contributed by atoms with Gasteiger partial charge in [0.05, 0.1) is 0 Å². The Morgan fingerprint density at radius 1 is 1.33 bits per heavy atom. The van der Waals surface area contributed by atoms with Crippen LogP contribution in [0.2, 0.25) is 18.1 Å². The van der Waals surface area contributed by atoms with Gasteiger partial charge in [-0.2, -0.15) is 0 Å². The summed E-state index contributed by atoms with van der Waals surface area (Å²) < 4.78 is 6.41. The molecule has 0 unspecified atom stereocenters. The molecule has 0 saturated heterocycles. The minimum atomic E-state index is -1.78. The van der Waals surface area contributed by atoms with Crippen molar-refractivity contribution in [2.24, 2.45) is 17.8 Å². The molecule has 0 fully saturated rings. The van der Waals surface area contributed by atoms with E-state index in [9.17, 15) is 4.79 Å². The molecule has 0 aromatic carbocycles. The number of rotatable bonds is 6. The van der Waals surface area contributed by atoms with Crippen molar-refractivity contribution in [1.82, 2.24) is 0 Å². The van der Waals surface area contributed by atoms with Crippen molar-refractivity contribution < 1.29 is 9.22 Å². The Morgan fingerprint density at radius 3 is 2.38 bits per heavy atom. The summed E-state index contributed by atoms with van der Waals surface area (Å²) in [6, 6.07) is 0. The summed E-state index contributed by atoms with van der Waals surface area (Å²) in [6.45, 7) is 18.8. The average Bonchev–Trinajstić information content (AvgIpc) is 2.35. The standard InChI is InChI=1S/C18H34O2Si/c1-13(2)18(5,6)21(7,8)20-12-15(4)16-10-9-14(3)11-17(16)19/h11,13,15-16H,9-10,12H2,1-8H3/t15-,16+/m1/s1. The molecule has 0 aromatic rings. The van der Waals surface area contributed by atoms with Gasteiger partial charge in [-0.15, -0.1) is 0 Å². The van der Waals surface area contributed by atoms with Crippen LogP contribution in [0.1, 0.15) is 54.4 Å². The highest BCUT2D eigenvalue weighted by Crippen LogP contribution is 2.45. The van der Waals surface area contributed by atoms with E-state index >= 15 is 0 Å². The second kappa shape index (κ2) is 6.78. The van der Waals surface area contributed by atoms with Gasteiger partial charge in [-0.3, -0.25) is 4.79 Å². The fourth-order valence-corrected chi connectivity index (χ4v) is 5.29. The Balaban J connectivity index is 2.65. The fourth-order valence-electron chi connectivity index (χ4n) is 2.85. The van der Waals surface area contributed by atoms with Crippen molar-refractivity contribution in [2.45, 2.75) is 72.5 Å². The van der Waals surface area contributed by atoms with Gasteiger partial charge in [-0.05, 0) is 55.8 Å². The number of carbonyl (C=O) groups is 1. The molecular weight excluding hydrogens is 276 g/mol. The predicted molar refractivity (Wildman–Crippen MR) is 93.0 cm³/mol. The van der Waals surface area contributed by atoms with Crippen molar-refractivity contribution in [3.05, 3.63) is 11.6 Å². The van der Waals surface area contributed by atoms with E-state index in [0.717, 1.165) is 19.4 Å². The van der Waals surface area contributed by atoms with Gasteiger partial charge in [0.25, 0.3) is 0 Å². The van der Waals surface area contributed by atoms with Crippen molar-refractivity contribution in [3.8, 4) is 0 Å². The molecule has 122 valence electrons. The van der Waals surface area contributed by atoms with Gasteiger partial charge in [0.15, 0.2) is 14.1 Å². The summed E-state index contributed by atoms with van der Waals surface area (Å²) in [6.07, 6.45) is 3.88. The molecule has 1 rings (SSSR count). The Kier molecular flexibility index (Phi) is 6.02. The van der Waals surface area contributed by atoms with Crippen LogP contribution in [0.5, 0.6) is 0 Å². The first-order valence-corrected chi connectivity index (χ1v) is 11.2. The van der Waals surface area contributed by atoms with Gasteiger partial charge in [-0.1, -0.05) is 40.2 Å². The molecule has 0 radical (unpaired) electrons. The first kappa shape index (κ1) is 18.6. The van der Waals surface area contributed by atoms with E-state index in [2.05, 4.69) is 54.6 Å². The average molecular weight is 311 g/mol. The number of allylic oxidation sites excluding steroid dienone is 2. The predicted octanol–water partition coefficient (Wildman–Crippen LogP) is 5.21. The first-order chi connectivity index (χ1) is 9.49. The van der Waals surface area contributed by atoms with Gasteiger partial charge < -0.3 is 4.43 Å². The van der Waals surface area contributed by atoms with Gasteiger partial charge in [0.2, 0.25) is 0 Å². The monoisotopic (exact) mass is 310 g/mol. The number of hydrogen-bond acceptors (Lipinski definition) is 2. The molecule has 0 saturated carbocycles. The normalized spacial score (nSPS) is 22.4. The third kappa shape index (κ3) is 4.29. The van der Waals surface area contributed by atoms with E-state index in [1.807, 2.05) is 6.08 Å². The zero-order chi connectivity index (χ0) is 16.4. The van der Waals surface area contributed by atoms with Crippen LogP contribution in [0.25, 0.3) is 0 Å². The molecule has 2 atom stereocenters. The van der Waals surface area contributed by atoms with E-state index in [0.29, 0.717) is 17.6 Å². The molecule has 0 aliphatic heterocycles. The summed E-state index contributed by atoms with van der Waals surface area (Å²) in [5.74, 6) is 1.38. The summed E-state index contributed by atoms with van der Waals surface area (Å²) in [5.41, 5.74) is 1.22. The van der Waals surface area contributed by atoms with Crippen LogP contribution in [-0.4, -0.2) is 20.7 Å². The van der Waals surface area contributed by atoms with Gasteiger partial charge >= 0.3 is 0 Å². The summed E-state index contributed by atoms with van der Waals surface area (Å²) in [7, 11) is -1.78. The molecular formula is C18H34O2Si. The van der Waals surface area contributed by atoms with Crippen LogP contribution in [0.4, 0.5) is 0 Å². The van der Waals surface area contributed by atoms with E-state index in [1.54, 1.807) is 0 Å². The Bertz CT molecular complexity index is 407. The molecule has 0 heterocycles. The summed E-state index contributed by atoms with van der Waals surface area (Å²) in [5, 5.41) is 0.236. The molecule has 2 nitrogen and oxygen atoms in total. The molecule has 1 aliphatic rings. The highest BCUT2D eigenvalue weighted by Gasteiger charge is 2.43. The molecule has 1 aliphatic carbocycles. The second-order valence-corrected chi connectivity index (χ2v) is 12.8. The third-order valence-corrected chi connectivity index (χ3v) is 10.6. The molecule has 3 heteroatoms. The third-order valence-electron chi connectivity index (χ3n) is 5.99. The summed E-state index contributed by atoms with van der Waals surface area (Å²) in [4.78, 5) is 12.2. The minimum absolute atomic E-state index is 0.153. The zero-order valence-corrected chi connectivity index (χ0v) is 16.2. The maximum atomic E-state index is 12.2. The van der Waals surface area contributed by atoms with Crippen molar-refractivity contribution in [3.63, 3.8) is 0 Å². The highest BCUT2D eigenvalue weighted by molar-refractivity contribution is 6.74. The molecule has 0 aromatic heterocycles. The van der Waals surface area contributed by atoms with Gasteiger partial charge in [-0.25, -0.2) is 0 Å². The van der Waals surface area contributed by atoms with E-state index in [4.69, 9.17) is 4.43 Å². The molecule has 0 N–H and O–H groups in total.